The lowest BCUT2D eigenvalue weighted by Crippen LogP contribution is -2.36. The van der Waals surface area contributed by atoms with Crippen LogP contribution in [0, 0.1) is 0 Å². The van der Waals surface area contributed by atoms with Crippen LogP contribution in [0.15, 0.2) is 0 Å². The molecule has 1 aliphatic heterocycles. The van der Waals surface area contributed by atoms with Gasteiger partial charge in [-0.1, -0.05) is 0 Å². The minimum absolute atomic E-state index is 0.0672. The molecule has 0 aliphatic carbocycles. The molecule has 0 bridgehead atoms. The van der Waals surface area contributed by atoms with Gasteiger partial charge in [-0.3, -0.25) is 4.79 Å². The van der Waals surface area contributed by atoms with Crippen LogP contribution in [0.4, 0.5) is 0 Å². The number of hydrogen-bond acceptors (Lipinski definition) is 3. The van der Waals surface area contributed by atoms with Crippen LogP contribution in [0.2, 0.25) is 0 Å². The minimum atomic E-state index is 0.0672. The van der Waals surface area contributed by atoms with Crippen molar-refractivity contribution in [3.05, 3.63) is 0 Å². The fourth-order valence-electron chi connectivity index (χ4n) is 1.28. The third-order valence-electron chi connectivity index (χ3n) is 1.70. The van der Waals surface area contributed by atoms with Crippen molar-refractivity contribution < 1.29 is 4.79 Å². The Hall–Kier alpha value is -0.220. The van der Waals surface area contributed by atoms with Crippen molar-refractivity contribution in [3.63, 3.8) is 0 Å². The Bertz CT molecular complexity index is 161. The van der Waals surface area contributed by atoms with Gasteiger partial charge in [-0.15, -0.1) is 0 Å². The predicted molar refractivity (Wildman–Crippen MR) is 47.6 cm³/mol. The van der Waals surface area contributed by atoms with E-state index < -0.39 is 0 Å². The van der Waals surface area contributed by atoms with Crippen molar-refractivity contribution in [3.8, 4) is 0 Å². The summed E-state index contributed by atoms with van der Waals surface area (Å²) in [6.45, 7) is 3.32. The molecule has 4 heteroatoms. The lowest BCUT2D eigenvalue weighted by atomic mass is 10.3. The van der Waals surface area contributed by atoms with Crippen LogP contribution in [-0.2, 0) is 4.79 Å². The van der Waals surface area contributed by atoms with E-state index in [4.69, 9.17) is 5.73 Å². The van der Waals surface area contributed by atoms with Crippen LogP contribution >= 0.6 is 12.6 Å². The number of hydrogen-bond donors (Lipinski definition) is 2. The van der Waals surface area contributed by atoms with E-state index in [0.29, 0.717) is 13.0 Å². The maximum Gasteiger partial charge on any atom is 0.223 e. The summed E-state index contributed by atoms with van der Waals surface area (Å²) in [4.78, 5) is 12.9. The molecular formula is C7H14N2OS. The van der Waals surface area contributed by atoms with Crippen molar-refractivity contribution in [1.82, 2.24) is 4.90 Å². The van der Waals surface area contributed by atoms with Gasteiger partial charge in [-0.05, 0) is 6.92 Å². The highest BCUT2D eigenvalue weighted by molar-refractivity contribution is 7.81. The molecule has 0 aromatic heterocycles. The number of nitrogens with two attached hydrogens (primary N) is 1. The smallest absolute Gasteiger partial charge is 0.223 e. The van der Waals surface area contributed by atoms with Gasteiger partial charge in [-0.2, -0.15) is 12.6 Å². The lowest BCUT2D eigenvalue weighted by Gasteiger charge is -2.17. The number of amides is 1. The number of nitrogens with zero attached hydrogens (tertiary/aromatic N) is 1. The Kier molecular flexibility index (Phi) is 2.78. The largest absolute Gasteiger partial charge is 0.340 e. The molecule has 64 valence electrons. The number of rotatable bonds is 2. The second-order valence-corrected chi connectivity index (χ2v) is 3.86. The Morgan fingerprint density at radius 3 is 2.91 bits per heavy atom. The molecule has 0 saturated carbocycles. The standard InChI is InChI=1S/C7H14N2OS/c1-5(8)3-9-4-6(11)2-7(9)10/h5-6,11H,2-4,8H2,1H3. The van der Waals surface area contributed by atoms with Crippen LogP contribution in [0.25, 0.3) is 0 Å². The highest BCUT2D eigenvalue weighted by Gasteiger charge is 2.27. The third-order valence-corrected chi connectivity index (χ3v) is 2.05. The molecule has 11 heavy (non-hydrogen) atoms. The van der Waals surface area contributed by atoms with Gasteiger partial charge in [0.05, 0.1) is 0 Å². The van der Waals surface area contributed by atoms with Crippen molar-refractivity contribution in [2.75, 3.05) is 13.1 Å². The van der Waals surface area contributed by atoms with E-state index >= 15 is 0 Å². The van der Waals surface area contributed by atoms with Crippen LogP contribution < -0.4 is 5.73 Å². The van der Waals surface area contributed by atoms with Gasteiger partial charge in [0.15, 0.2) is 0 Å². The number of thiol groups is 1. The van der Waals surface area contributed by atoms with Crippen molar-refractivity contribution >= 4 is 18.5 Å². The fraction of sp³-hybridized carbons (Fsp3) is 0.857. The second kappa shape index (κ2) is 3.45. The molecule has 1 saturated heterocycles. The normalized spacial score (nSPS) is 27.7. The first-order valence-electron chi connectivity index (χ1n) is 3.81. The predicted octanol–water partition coefficient (Wildman–Crippen LogP) is -0.136. The van der Waals surface area contributed by atoms with Crippen molar-refractivity contribution in [1.29, 1.82) is 0 Å². The van der Waals surface area contributed by atoms with Crippen LogP contribution in [0.1, 0.15) is 13.3 Å². The summed E-state index contributed by atoms with van der Waals surface area (Å²) in [7, 11) is 0. The first-order chi connectivity index (χ1) is 5.09. The highest BCUT2D eigenvalue weighted by Crippen LogP contribution is 2.15. The molecule has 3 nitrogen and oxygen atoms in total. The summed E-state index contributed by atoms with van der Waals surface area (Å²) in [6, 6.07) is 0.0672. The molecule has 0 aromatic rings. The molecule has 1 aliphatic rings. The lowest BCUT2D eigenvalue weighted by molar-refractivity contribution is -0.127. The first kappa shape index (κ1) is 8.87. The minimum Gasteiger partial charge on any atom is -0.340 e. The summed E-state index contributed by atoms with van der Waals surface area (Å²) in [6.07, 6.45) is 0.565. The summed E-state index contributed by atoms with van der Waals surface area (Å²) in [5, 5.41) is 0.209. The SMILES string of the molecule is CC(N)CN1CC(S)CC1=O. The maximum absolute atomic E-state index is 11.1. The average molecular weight is 174 g/mol. The second-order valence-electron chi connectivity index (χ2n) is 3.13. The first-order valence-corrected chi connectivity index (χ1v) is 4.32. The Labute approximate surface area is 72.3 Å². The van der Waals surface area contributed by atoms with Crippen molar-refractivity contribution in [2.45, 2.75) is 24.6 Å². The van der Waals surface area contributed by atoms with Crippen LogP contribution in [0.3, 0.4) is 0 Å². The molecule has 2 N–H and O–H groups in total. The van der Waals surface area contributed by atoms with Gasteiger partial charge >= 0.3 is 0 Å². The van der Waals surface area contributed by atoms with Crippen LogP contribution in [-0.4, -0.2) is 35.2 Å². The maximum atomic E-state index is 11.1. The zero-order valence-corrected chi connectivity index (χ0v) is 7.55. The Morgan fingerprint density at radius 1 is 1.91 bits per heavy atom. The van der Waals surface area contributed by atoms with Gasteiger partial charge in [0.1, 0.15) is 0 Å². The molecule has 1 fully saturated rings. The van der Waals surface area contributed by atoms with E-state index in [1.54, 1.807) is 4.90 Å². The van der Waals surface area contributed by atoms with E-state index in [0.717, 1.165) is 6.54 Å². The van der Waals surface area contributed by atoms with Crippen LogP contribution in [0.5, 0.6) is 0 Å². The molecule has 2 atom stereocenters. The van der Waals surface area contributed by atoms with Gasteiger partial charge in [0.2, 0.25) is 5.91 Å². The topological polar surface area (TPSA) is 46.3 Å². The van der Waals surface area contributed by atoms with Gasteiger partial charge in [0, 0.05) is 30.8 Å². The molecule has 0 spiro atoms. The van der Waals surface area contributed by atoms with Gasteiger partial charge in [0.25, 0.3) is 0 Å². The van der Waals surface area contributed by atoms with Crippen molar-refractivity contribution in [2.24, 2.45) is 5.73 Å². The highest BCUT2D eigenvalue weighted by atomic mass is 32.1. The number of carbonyl (C=O) groups is 1. The fourth-order valence-corrected chi connectivity index (χ4v) is 1.63. The quantitative estimate of drug-likeness (QED) is 0.573. The van der Waals surface area contributed by atoms with E-state index in [-0.39, 0.29) is 17.2 Å². The molecule has 1 rings (SSSR count). The third kappa shape index (κ3) is 2.38. The summed E-state index contributed by atoms with van der Waals surface area (Å²) in [5.74, 6) is 0.183. The number of carbonyl (C=O) groups excluding carboxylic acids is 1. The van der Waals surface area contributed by atoms with Gasteiger partial charge < -0.3 is 10.6 Å². The van der Waals surface area contributed by atoms with E-state index in [1.807, 2.05) is 6.92 Å². The summed E-state index contributed by atoms with van der Waals surface area (Å²) in [5.41, 5.74) is 5.56. The van der Waals surface area contributed by atoms with E-state index in [1.165, 1.54) is 0 Å². The average Bonchev–Trinajstić information content (AvgIpc) is 2.09. The zero-order chi connectivity index (χ0) is 8.43. The Morgan fingerprint density at radius 2 is 2.55 bits per heavy atom. The molecular weight excluding hydrogens is 160 g/mol. The number of likely N-dealkylation sites (tertiary alicyclic amines) is 1. The van der Waals surface area contributed by atoms with E-state index in [9.17, 15) is 4.79 Å². The molecule has 2 unspecified atom stereocenters. The van der Waals surface area contributed by atoms with Gasteiger partial charge in [-0.25, -0.2) is 0 Å². The Balaban J connectivity index is 2.41. The molecule has 0 radical (unpaired) electrons. The summed E-state index contributed by atoms with van der Waals surface area (Å²) >= 11 is 4.23. The molecule has 1 heterocycles. The zero-order valence-electron chi connectivity index (χ0n) is 6.66. The monoisotopic (exact) mass is 174 g/mol. The summed E-state index contributed by atoms with van der Waals surface area (Å²) < 4.78 is 0. The van der Waals surface area contributed by atoms with E-state index in [2.05, 4.69) is 12.6 Å². The molecule has 0 aromatic carbocycles. The molecule has 1 amide bonds.